The van der Waals surface area contributed by atoms with Gasteiger partial charge < -0.3 is 15.4 Å². The molecule has 3 aromatic rings. The Morgan fingerprint density at radius 1 is 1.09 bits per heavy atom. The van der Waals surface area contributed by atoms with E-state index < -0.39 is 29.7 Å². The van der Waals surface area contributed by atoms with Gasteiger partial charge in [0.2, 0.25) is 0 Å². The highest BCUT2D eigenvalue weighted by atomic mass is 35.5. The fraction of sp³-hybridized carbons (Fsp3) is 0.217. The molecule has 2 aromatic carbocycles. The predicted molar refractivity (Wildman–Crippen MR) is 138 cm³/mol. The third kappa shape index (κ3) is 6.91. The lowest BCUT2D eigenvalue weighted by Crippen LogP contribution is -2.40. The zero-order chi connectivity index (χ0) is 25.5. The van der Waals surface area contributed by atoms with Crippen molar-refractivity contribution in [3.63, 3.8) is 0 Å². The second-order valence-electron chi connectivity index (χ2n) is 7.42. The molecule has 1 amide bonds. The maximum Gasteiger partial charge on any atom is 0.330 e. The number of hydrogen-bond acceptors (Lipinski definition) is 7. The predicted octanol–water partition coefficient (Wildman–Crippen LogP) is 2.91. The van der Waals surface area contributed by atoms with E-state index in [0.717, 1.165) is 20.6 Å². The molecule has 184 valence electrons. The van der Waals surface area contributed by atoms with Crippen LogP contribution in [0.1, 0.15) is 11.1 Å². The Labute approximate surface area is 214 Å². The van der Waals surface area contributed by atoms with Crippen LogP contribution in [0.3, 0.4) is 0 Å². The van der Waals surface area contributed by atoms with Crippen molar-refractivity contribution in [2.75, 3.05) is 30.0 Å². The molecule has 0 fully saturated rings. The Kier molecular flexibility index (Phi) is 9.02. The van der Waals surface area contributed by atoms with Gasteiger partial charge in [-0.3, -0.25) is 23.9 Å². The van der Waals surface area contributed by atoms with Gasteiger partial charge in [-0.25, -0.2) is 4.79 Å². The number of H-pyrrole nitrogens is 1. The van der Waals surface area contributed by atoms with Crippen molar-refractivity contribution in [3.8, 4) is 0 Å². The number of hydrogen-bond donors (Lipinski definition) is 2. The zero-order valence-corrected chi connectivity index (χ0v) is 21.0. The lowest BCUT2D eigenvalue weighted by molar-refractivity contribution is -0.145. The van der Waals surface area contributed by atoms with Crippen molar-refractivity contribution in [1.82, 2.24) is 9.55 Å². The van der Waals surface area contributed by atoms with Crippen LogP contribution in [-0.4, -0.2) is 40.8 Å². The minimum atomic E-state index is -0.823. The number of thioether (sulfide) groups is 1. The molecule has 0 atom stereocenters. The van der Waals surface area contributed by atoms with E-state index in [1.165, 1.54) is 18.8 Å². The summed E-state index contributed by atoms with van der Waals surface area (Å²) in [6.45, 7) is -0.498. The summed E-state index contributed by atoms with van der Waals surface area (Å²) >= 11 is 13.1. The number of nitrogens with zero attached hydrogens (tertiary/aromatic N) is 2. The fourth-order valence-corrected chi connectivity index (χ4v) is 4.20. The van der Waals surface area contributed by atoms with E-state index in [1.54, 1.807) is 42.5 Å². The van der Waals surface area contributed by atoms with E-state index in [4.69, 9.17) is 33.7 Å². The van der Waals surface area contributed by atoms with Crippen molar-refractivity contribution in [1.29, 1.82) is 0 Å². The van der Waals surface area contributed by atoms with Crippen LogP contribution in [0.15, 0.2) is 58.1 Å². The number of nitrogen functional groups attached to an aromatic ring is 1. The normalized spacial score (nSPS) is 10.7. The fourth-order valence-electron chi connectivity index (χ4n) is 3.11. The van der Waals surface area contributed by atoms with E-state index in [2.05, 4.69) is 4.98 Å². The molecule has 0 radical (unpaired) electrons. The number of amides is 1. The first kappa shape index (κ1) is 26.4. The summed E-state index contributed by atoms with van der Waals surface area (Å²) in [4.78, 5) is 52.5. The molecule has 35 heavy (non-hydrogen) atoms. The molecule has 0 spiro atoms. The van der Waals surface area contributed by atoms with Crippen molar-refractivity contribution in [2.24, 2.45) is 0 Å². The van der Waals surface area contributed by atoms with Crippen molar-refractivity contribution in [2.45, 2.75) is 12.3 Å². The number of benzene rings is 2. The number of rotatable bonds is 9. The molecule has 12 heteroatoms. The zero-order valence-electron chi connectivity index (χ0n) is 18.6. The van der Waals surface area contributed by atoms with Crippen LogP contribution in [0.2, 0.25) is 10.0 Å². The molecule has 0 aliphatic heterocycles. The van der Waals surface area contributed by atoms with Gasteiger partial charge in [0.15, 0.2) is 12.3 Å². The van der Waals surface area contributed by atoms with Gasteiger partial charge in [0, 0.05) is 12.8 Å². The minimum Gasteiger partial charge on any atom is -0.455 e. The van der Waals surface area contributed by atoms with E-state index >= 15 is 0 Å². The quantitative estimate of drug-likeness (QED) is 0.402. The number of anilines is 2. The molecule has 1 heterocycles. The lowest BCUT2D eigenvalue weighted by atomic mass is 10.2. The Balaban J connectivity index is 1.60. The third-order valence-electron chi connectivity index (χ3n) is 4.94. The molecule has 0 bridgehead atoms. The summed E-state index contributed by atoms with van der Waals surface area (Å²) in [5.41, 5.74) is 6.01. The monoisotopic (exact) mass is 536 g/mol. The molecule has 0 unspecified atom stereocenters. The van der Waals surface area contributed by atoms with Gasteiger partial charge in [0.25, 0.3) is 11.5 Å². The molecule has 3 N–H and O–H groups in total. The smallest absolute Gasteiger partial charge is 0.330 e. The second-order valence-corrected chi connectivity index (χ2v) is 9.22. The van der Waals surface area contributed by atoms with Crippen molar-refractivity contribution >= 4 is 58.3 Å². The Hall–Kier alpha value is -3.21. The first-order chi connectivity index (χ1) is 16.7. The summed E-state index contributed by atoms with van der Waals surface area (Å²) in [6, 6.07) is 14.2. The summed E-state index contributed by atoms with van der Waals surface area (Å²) in [7, 11) is 1.31. The van der Waals surface area contributed by atoms with Gasteiger partial charge in [-0.05, 0) is 23.3 Å². The highest BCUT2D eigenvalue weighted by molar-refractivity contribution is 7.99. The van der Waals surface area contributed by atoms with E-state index in [-0.39, 0.29) is 23.8 Å². The first-order valence-electron chi connectivity index (χ1n) is 10.3. The molecule has 0 saturated heterocycles. The highest BCUT2D eigenvalue weighted by Gasteiger charge is 2.22. The van der Waals surface area contributed by atoms with Crippen LogP contribution in [0.4, 0.5) is 11.5 Å². The molecule has 0 saturated carbocycles. The summed E-state index contributed by atoms with van der Waals surface area (Å²) < 4.78 is 6.19. The standard InChI is InChI=1S/C23H22Cl2N4O5S/c1-28(18(30)11-34-19(31)13-35-12-15-7-8-16(24)17(25)9-15)20-21(26)29(23(33)27-22(20)32)10-14-5-3-2-4-6-14/h2-9H,10-13,26H2,1H3,(H,27,32,33). The maximum absolute atomic E-state index is 12.6. The van der Waals surface area contributed by atoms with Crippen LogP contribution >= 0.6 is 35.0 Å². The van der Waals surface area contributed by atoms with Crippen LogP contribution in [0.5, 0.6) is 0 Å². The first-order valence-corrected chi connectivity index (χ1v) is 12.2. The number of carbonyl (C=O) groups is 2. The lowest BCUT2D eigenvalue weighted by Gasteiger charge is -2.20. The highest BCUT2D eigenvalue weighted by Crippen LogP contribution is 2.24. The van der Waals surface area contributed by atoms with Gasteiger partial charge in [-0.15, -0.1) is 11.8 Å². The number of carbonyl (C=O) groups excluding carboxylic acids is 2. The Morgan fingerprint density at radius 3 is 2.49 bits per heavy atom. The average molecular weight is 537 g/mol. The average Bonchev–Trinajstić information content (AvgIpc) is 2.83. The third-order valence-corrected chi connectivity index (χ3v) is 6.65. The number of likely N-dealkylation sites (N-methyl/N-ethyl adjacent to an activating group) is 1. The van der Waals surface area contributed by atoms with E-state index in [9.17, 15) is 19.2 Å². The summed E-state index contributed by atoms with van der Waals surface area (Å²) in [5, 5.41) is 0.864. The number of nitrogens with two attached hydrogens (primary N) is 1. The molecule has 3 rings (SSSR count). The second kappa shape index (κ2) is 12.0. The maximum atomic E-state index is 12.6. The van der Waals surface area contributed by atoms with Crippen LogP contribution in [0, 0.1) is 0 Å². The Morgan fingerprint density at radius 2 is 1.80 bits per heavy atom. The number of halogens is 2. The van der Waals surface area contributed by atoms with Gasteiger partial charge in [-0.1, -0.05) is 59.6 Å². The summed E-state index contributed by atoms with van der Waals surface area (Å²) in [6.07, 6.45) is 0. The molecule has 9 nitrogen and oxygen atoms in total. The van der Waals surface area contributed by atoms with Crippen molar-refractivity contribution < 1.29 is 14.3 Å². The Bertz CT molecular complexity index is 1340. The van der Waals surface area contributed by atoms with Gasteiger partial charge in [0.1, 0.15) is 5.82 Å². The van der Waals surface area contributed by atoms with Gasteiger partial charge in [0.05, 0.1) is 22.3 Å². The van der Waals surface area contributed by atoms with Crippen LogP contribution in [-0.2, 0) is 26.6 Å². The number of nitrogens with one attached hydrogen (secondary N) is 1. The number of esters is 1. The SMILES string of the molecule is CN(C(=O)COC(=O)CSCc1ccc(Cl)c(Cl)c1)c1c(N)n(Cc2ccccc2)c(=O)[nH]c1=O. The van der Waals surface area contributed by atoms with Gasteiger partial charge in [-0.2, -0.15) is 0 Å². The number of aromatic nitrogens is 2. The van der Waals surface area contributed by atoms with E-state index in [0.29, 0.717) is 15.8 Å². The largest absolute Gasteiger partial charge is 0.455 e. The van der Waals surface area contributed by atoms with E-state index in [1.807, 2.05) is 6.07 Å². The molecule has 0 aliphatic carbocycles. The number of aromatic amines is 1. The molecule has 1 aromatic heterocycles. The van der Waals surface area contributed by atoms with Crippen molar-refractivity contribution in [3.05, 3.63) is 90.5 Å². The molecular weight excluding hydrogens is 515 g/mol. The topological polar surface area (TPSA) is 127 Å². The molecule has 0 aliphatic rings. The minimum absolute atomic E-state index is 0.00190. The van der Waals surface area contributed by atoms with Crippen LogP contribution < -0.4 is 21.9 Å². The molecular formula is C23H22Cl2N4O5S. The van der Waals surface area contributed by atoms with Crippen LogP contribution in [0.25, 0.3) is 0 Å². The summed E-state index contributed by atoms with van der Waals surface area (Å²) in [5.74, 6) is -0.971. The van der Waals surface area contributed by atoms with Gasteiger partial charge >= 0.3 is 11.7 Å². The number of ether oxygens (including phenoxy) is 1.